The number of benzene rings is 3. The molecule has 0 aliphatic carbocycles. The number of hydrogen-bond donors (Lipinski definition) is 1. The van der Waals surface area contributed by atoms with E-state index in [9.17, 15) is 0 Å². The summed E-state index contributed by atoms with van der Waals surface area (Å²) in [6, 6.07) is 27.6. The first kappa shape index (κ1) is 14.9. The van der Waals surface area contributed by atoms with Gasteiger partial charge >= 0.3 is 0 Å². The molecule has 0 heterocycles. The Morgan fingerprint density at radius 3 is 2.22 bits per heavy atom. The Hall–Kier alpha value is -3.07. The molecule has 0 atom stereocenters. The molecule has 0 aliphatic rings. The summed E-state index contributed by atoms with van der Waals surface area (Å²) in [4.78, 5) is 0. The van der Waals surface area contributed by atoms with Crippen LogP contribution < -0.4 is 10.2 Å². The zero-order valence-corrected chi connectivity index (χ0v) is 12.9. The standard InChI is InChI=1S/C20H18N2O/c1-16-9-8-14-19(15-16)23-20(17-10-4-2-5-11-17)22-21-18-12-6-3-7-13-18/h2-15,21H,1H3/b22-20-. The highest BCUT2D eigenvalue weighted by atomic mass is 16.5. The SMILES string of the molecule is Cc1cccc(O/C(=N\Nc2ccccc2)c2ccccc2)c1. The van der Waals surface area contributed by atoms with Gasteiger partial charge in [0.15, 0.2) is 0 Å². The third kappa shape index (κ3) is 4.20. The molecule has 3 aromatic carbocycles. The number of hydrazone groups is 1. The lowest BCUT2D eigenvalue weighted by Gasteiger charge is -2.10. The van der Waals surface area contributed by atoms with E-state index < -0.39 is 0 Å². The second kappa shape index (κ2) is 7.27. The Morgan fingerprint density at radius 2 is 1.52 bits per heavy atom. The van der Waals surface area contributed by atoms with Gasteiger partial charge in [-0.15, -0.1) is 5.10 Å². The Bertz CT molecular complexity index is 783. The molecule has 3 rings (SSSR count). The zero-order valence-electron chi connectivity index (χ0n) is 12.9. The van der Waals surface area contributed by atoms with Crippen LogP contribution in [0.1, 0.15) is 11.1 Å². The van der Waals surface area contributed by atoms with Crippen molar-refractivity contribution in [3.05, 3.63) is 96.1 Å². The monoisotopic (exact) mass is 302 g/mol. The lowest BCUT2D eigenvalue weighted by molar-refractivity contribution is 0.550. The number of rotatable bonds is 4. The van der Waals surface area contributed by atoms with Crippen molar-refractivity contribution in [2.24, 2.45) is 5.10 Å². The minimum atomic E-state index is 0.528. The minimum Gasteiger partial charge on any atom is -0.437 e. The molecule has 0 spiro atoms. The minimum absolute atomic E-state index is 0.528. The van der Waals surface area contributed by atoms with E-state index >= 15 is 0 Å². The van der Waals surface area contributed by atoms with E-state index in [2.05, 4.69) is 10.5 Å². The van der Waals surface area contributed by atoms with E-state index in [1.165, 1.54) is 0 Å². The van der Waals surface area contributed by atoms with E-state index in [1.54, 1.807) is 0 Å². The average molecular weight is 302 g/mol. The summed E-state index contributed by atoms with van der Waals surface area (Å²) >= 11 is 0. The number of ether oxygens (including phenoxy) is 1. The fourth-order valence-electron chi connectivity index (χ4n) is 2.15. The molecule has 1 N–H and O–H groups in total. The van der Waals surface area contributed by atoms with Crippen molar-refractivity contribution in [3.63, 3.8) is 0 Å². The second-order valence-corrected chi connectivity index (χ2v) is 5.18. The molecule has 23 heavy (non-hydrogen) atoms. The number of anilines is 1. The van der Waals surface area contributed by atoms with Crippen molar-refractivity contribution in [3.8, 4) is 5.75 Å². The lowest BCUT2D eigenvalue weighted by Crippen LogP contribution is -2.12. The van der Waals surface area contributed by atoms with E-state index in [-0.39, 0.29) is 0 Å². The van der Waals surface area contributed by atoms with Gasteiger partial charge in [-0.1, -0.05) is 48.5 Å². The van der Waals surface area contributed by atoms with Gasteiger partial charge in [0.05, 0.1) is 5.69 Å². The molecule has 3 heteroatoms. The average Bonchev–Trinajstić information content (AvgIpc) is 2.60. The predicted molar refractivity (Wildman–Crippen MR) is 94.9 cm³/mol. The van der Waals surface area contributed by atoms with Crippen LogP contribution in [0.2, 0.25) is 0 Å². The summed E-state index contributed by atoms with van der Waals surface area (Å²) in [6.45, 7) is 2.04. The van der Waals surface area contributed by atoms with Crippen LogP contribution in [-0.4, -0.2) is 5.90 Å². The van der Waals surface area contributed by atoms with E-state index in [0.29, 0.717) is 5.90 Å². The highest BCUT2D eigenvalue weighted by Crippen LogP contribution is 2.15. The molecular weight excluding hydrogens is 284 g/mol. The topological polar surface area (TPSA) is 33.6 Å². The molecular formula is C20H18N2O. The van der Waals surface area contributed by atoms with Gasteiger partial charge in [0.1, 0.15) is 5.75 Å². The molecule has 0 aromatic heterocycles. The van der Waals surface area contributed by atoms with Crippen molar-refractivity contribution < 1.29 is 4.74 Å². The number of nitrogens with zero attached hydrogens (tertiary/aromatic N) is 1. The van der Waals surface area contributed by atoms with Gasteiger partial charge in [-0.05, 0) is 48.9 Å². The lowest BCUT2D eigenvalue weighted by atomic mass is 10.2. The highest BCUT2D eigenvalue weighted by Gasteiger charge is 2.07. The first-order chi connectivity index (χ1) is 11.3. The molecule has 0 unspecified atom stereocenters. The molecule has 0 amide bonds. The van der Waals surface area contributed by atoms with E-state index in [0.717, 1.165) is 22.6 Å². The van der Waals surface area contributed by atoms with Crippen molar-refractivity contribution in [1.29, 1.82) is 0 Å². The van der Waals surface area contributed by atoms with Crippen LogP contribution in [0.4, 0.5) is 5.69 Å². The molecule has 0 saturated heterocycles. The summed E-state index contributed by atoms with van der Waals surface area (Å²) in [5, 5.41) is 4.43. The maximum absolute atomic E-state index is 5.99. The second-order valence-electron chi connectivity index (χ2n) is 5.18. The van der Waals surface area contributed by atoms with Crippen molar-refractivity contribution in [2.45, 2.75) is 6.92 Å². The highest BCUT2D eigenvalue weighted by molar-refractivity contribution is 5.96. The van der Waals surface area contributed by atoms with Crippen LogP contribution in [-0.2, 0) is 0 Å². The zero-order chi connectivity index (χ0) is 15.9. The number of nitrogens with one attached hydrogen (secondary N) is 1. The van der Waals surface area contributed by atoms with Gasteiger partial charge in [-0.25, -0.2) is 0 Å². The number of para-hydroxylation sites is 1. The van der Waals surface area contributed by atoms with Crippen molar-refractivity contribution in [1.82, 2.24) is 0 Å². The largest absolute Gasteiger partial charge is 0.437 e. The first-order valence-corrected chi connectivity index (χ1v) is 7.50. The molecule has 0 saturated carbocycles. The molecule has 114 valence electrons. The molecule has 0 fully saturated rings. The summed E-state index contributed by atoms with van der Waals surface area (Å²) in [7, 11) is 0. The maximum Gasteiger partial charge on any atom is 0.243 e. The molecule has 0 radical (unpaired) electrons. The van der Waals surface area contributed by atoms with Gasteiger partial charge in [0.25, 0.3) is 0 Å². The van der Waals surface area contributed by atoms with Gasteiger partial charge in [0.2, 0.25) is 5.90 Å². The van der Waals surface area contributed by atoms with Crippen molar-refractivity contribution in [2.75, 3.05) is 5.43 Å². The van der Waals surface area contributed by atoms with Crippen LogP contribution in [0.5, 0.6) is 5.75 Å². The smallest absolute Gasteiger partial charge is 0.243 e. The molecule has 0 bridgehead atoms. The van der Waals surface area contributed by atoms with E-state index in [4.69, 9.17) is 4.74 Å². The van der Waals surface area contributed by atoms with Crippen LogP contribution in [0.15, 0.2) is 90.0 Å². The van der Waals surface area contributed by atoms with Gasteiger partial charge in [-0.2, -0.15) is 0 Å². The van der Waals surface area contributed by atoms with Crippen LogP contribution in [0, 0.1) is 6.92 Å². The van der Waals surface area contributed by atoms with Crippen LogP contribution in [0.25, 0.3) is 0 Å². The van der Waals surface area contributed by atoms with Gasteiger partial charge in [0, 0.05) is 5.56 Å². The Balaban J connectivity index is 1.87. The molecule has 0 aliphatic heterocycles. The number of hydrogen-bond acceptors (Lipinski definition) is 3. The fourth-order valence-corrected chi connectivity index (χ4v) is 2.15. The van der Waals surface area contributed by atoms with Crippen molar-refractivity contribution >= 4 is 11.6 Å². The van der Waals surface area contributed by atoms with E-state index in [1.807, 2.05) is 91.9 Å². The summed E-state index contributed by atoms with van der Waals surface area (Å²) in [6.07, 6.45) is 0. The fraction of sp³-hybridized carbons (Fsp3) is 0.0500. The molecule has 3 nitrogen and oxygen atoms in total. The Morgan fingerprint density at radius 1 is 0.826 bits per heavy atom. The van der Waals surface area contributed by atoms with Gasteiger partial charge in [-0.3, -0.25) is 5.43 Å². The third-order valence-electron chi connectivity index (χ3n) is 3.29. The van der Waals surface area contributed by atoms with Gasteiger partial charge < -0.3 is 4.74 Å². The Labute approximate surface area is 136 Å². The quantitative estimate of drug-likeness (QED) is 0.425. The predicted octanol–water partition coefficient (Wildman–Crippen LogP) is 4.85. The van der Waals surface area contributed by atoms with Crippen LogP contribution >= 0.6 is 0 Å². The number of aryl methyl sites for hydroxylation is 1. The Kier molecular flexibility index (Phi) is 4.69. The summed E-state index contributed by atoms with van der Waals surface area (Å²) in [5.74, 6) is 1.29. The van der Waals surface area contributed by atoms with Crippen LogP contribution in [0.3, 0.4) is 0 Å². The maximum atomic E-state index is 5.99. The summed E-state index contributed by atoms with van der Waals surface area (Å²) in [5.41, 5.74) is 6.01. The molecule has 3 aromatic rings. The summed E-state index contributed by atoms with van der Waals surface area (Å²) < 4.78 is 5.99. The first-order valence-electron chi connectivity index (χ1n) is 7.50. The normalized spacial score (nSPS) is 11.1. The third-order valence-corrected chi connectivity index (χ3v) is 3.29.